The summed E-state index contributed by atoms with van der Waals surface area (Å²) in [5.41, 5.74) is 1.70. The second-order valence-corrected chi connectivity index (χ2v) is 6.03. The molecular formula is C19H16N4O6. The molecule has 1 heterocycles. The summed E-state index contributed by atoms with van der Waals surface area (Å²) in [5, 5.41) is 37.8. The second-order valence-electron chi connectivity index (χ2n) is 6.03. The zero-order valence-electron chi connectivity index (χ0n) is 14.9. The number of carboxylic acids is 2. The summed E-state index contributed by atoms with van der Waals surface area (Å²) in [5.74, 6) is -2.99. The minimum absolute atomic E-state index is 0.0369. The van der Waals surface area contributed by atoms with Gasteiger partial charge < -0.3 is 20.6 Å². The van der Waals surface area contributed by atoms with E-state index >= 15 is 0 Å². The molecule has 3 rings (SSSR count). The third-order valence-electron chi connectivity index (χ3n) is 4.04. The maximum Gasteiger partial charge on any atom is 0.339 e. The quantitative estimate of drug-likeness (QED) is 0.469. The van der Waals surface area contributed by atoms with E-state index in [0.29, 0.717) is 22.5 Å². The van der Waals surface area contributed by atoms with Crippen molar-refractivity contribution < 1.29 is 29.7 Å². The number of benzene rings is 2. The van der Waals surface area contributed by atoms with Crippen LogP contribution in [-0.2, 0) is 4.79 Å². The molecule has 29 heavy (non-hydrogen) atoms. The van der Waals surface area contributed by atoms with E-state index in [0.717, 1.165) is 0 Å². The van der Waals surface area contributed by atoms with Crippen LogP contribution in [0.4, 0.5) is 0 Å². The third-order valence-corrected chi connectivity index (χ3v) is 4.04. The standard InChI is InChI=1S/C19H16N4O6/c24-16-6-5-13(9-14(16)19(28)29)23-10-15(21-22-23)11-1-3-12(4-2-11)18(27)20-8-7-17(25)26/h1-6,9-10,24H,7-8H2,(H,20,27)(H,25,26)(H,28,29). The zero-order chi connectivity index (χ0) is 21.0. The molecule has 1 aromatic heterocycles. The van der Waals surface area contributed by atoms with E-state index in [2.05, 4.69) is 15.6 Å². The number of carboxylic acid groups (broad SMARTS) is 2. The van der Waals surface area contributed by atoms with E-state index in [1.54, 1.807) is 30.5 Å². The lowest BCUT2D eigenvalue weighted by molar-refractivity contribution is -0.136. The predicted molar refractivity (Wildman–Crippen MR) is 100 cm³/mol. The van der Waals surface area contributed by atoms with Gasteiger partial charge in [0.15, 0.2) is 0 Å². The van der Waals surface area contributed by atoms with E-state index in [9.17, 15) is 19.5 Å². The van der Waals surface area contributed by atoms with Crippen molar-refractivity contribution in [2.75, 3.05) is 6.54 Å². The van der Waals surface area contributed by atoms with Crippen LogP contribution in [-0.4, -0.2) is 54.7 Å². The maximum absolute atomic E-state index is 12.0. The molecule has 0 fully saturated rings. The number of aromatic carboxylic acids is 1. The number of nitrogens with zero attached hydrogens (tertiary/aromatic N) is 3. The minimum Gasteiger partial charge on any atom is -0.507 e. The number of carbonyl (C=O) groups is 3. The second kappa shape index (κ2) is 8.21. The molecule has 0 aliphatic carbocycles. The molecule has 0 radical (unpaired) electrons. The van der Waals surface area contributed by atoms with Gasteiger partial charge in [0.25, 0.3) is 5.91 Å². The summed E-state index contributed by atoms with van der Waals surface area (Å²) >= 11 is 0. The first-order chi connectivity index (χ1) is 13.8. The molecule has 4 N–H and O–H groups in total. The average molecular weight is 396 g/mol. The highest BCUT2D eigenvalue weighted by Gasteiger charge is 2.13. The summed E-state index contributed by atoms with van der Waals surface area (Å²) in [6, 6.07) is 10.5. The van der Waals surface area contributed by atoms with Crippen molar-refractivity contribution in [2.45, 2.75) is 6.42 Å². The maximum atomic E-state index is 12.0. The molecule has 0 saturated heterocycles. The Labute approximate surface area is 164 Å². The minimum atomic E-state index is -1.26. The van der Waals surface area contributed by atoms with Crippen molar-refractivity contribution in [1.82, 2.24) is 20.3 Å². The number of carbonyl (C=O) groups excluding carboxylic acids is 1. The lowest BCUT2D eigenvalue weighted by atomic mass is 10.1. The van der Waals surface area contributed by atoms with E-state index < -0.39 is 11.9 Å². The molecule has 0 bridgehead atoms. The number of hydrogen-bond donors (Lipinski definition) is 4. The number of hydrogen-bond acceptors (Lipinski definition) is 6. The number of rotatable bonds is 7. The zero-order valence-corrected chi connectivity index (χ0v) is 14.9. The highest BCUT2D eigenvalue weighted by molar-refractivity contribution is 5.94. The Bertz CT molecular complexity index is 1070. The molecule has 0 aliphatic rings. The van der Waals surface area contributed by atoms with Crippen LogP contribution in [0, 0.1) is 0 Å². The van der Waals surface area contributed by atoms with E-state index in [-0.39, 0.29) is 30.2 Å². The third kappa shape index (κ3) is 4.56. The van der Waals surface area contributed by atoms with Crippen LogP contribution in [0.25, 0.3) is 16.9 Å². The lowest BCUT2D eigenvalue weighted by Crippen LogP contribution is -2.25. The molecule has 10 nitrogen and oxygen atoms in total. The largest absolute Gasteiger partial charge is 0.507 e. The van der Waals surface area contributed by atoms with Crippen LogP contribution in [0.2, 0.25) is 0 Å². The first-order valence-corrected chi connectivity index (χ1v) is 8.44. The van der Waals surface area contributed by atoms with Crippen LogP contribution < -0.4 is 5.32 Å². The van der Waals surface area contributed by atoms with Gasteiger partial charge in [-0.1, -0.05) is 17.3 Å². The van der Waals surface area contributed by atoms with Crippen molar-refractivity contribution in [3.05, 3.63) is 59.8 Å². The fourth-order valence-electron chi connectivity index (χ4n) is 2.54. The first kappa shape index (κ1) is 19.5. The molecule has 10 heteroatoms. The van der Waals surface area contributed by atoms with Crippen LogP contribution in [0.3, 0.4) is 0 Å². The van der Waals surface area contributed by atoms with E-state index in [1.807, 2.05) is 0 Å². The Morgan fingerprint density at radius 2 is 1.76 bits per heavy atom. The van der Waals surface area contributed by atoms with Crippen molar-refractivity contribution >= 4 is 17.8 Å². The molecular weight excluding hydrogens is 380 g/mol. The molecule has 148 valence electrons. The topological polar surface area (TPSA) is 155 Å². The fourth-order valence-corrected chi connectivity index (χ4v) is 2.54. The van der Waals surface area contributed by atoms with Crippen molar-refractivity contribution in [3.63, 3.8) is 0 Å². The van der Waals surface area contributed by atoms with Crippen molar-refractivity contribution in [1.29, 1.82) is 0 Å². The number of phenols is 1. The fraction of sp³-hybridized carbons (Fsp3) is 0.105. The summed E-state index contributed by atoms with van der Waals surface area (Å²) in [6.07, 6.45) is 1.42. The summed E-state index contributed by atoms with van der Waals surface area (Å²) < 4.78 is 1.37. The van der Waals surface area contributed by atoms with Gasteiger partial charge in [0, 0.05) is 17.7 Å². The normalized spacial score (nSPS) is 10.5. The van der Waals surface area contributed by atoms with E-state index in [4.69, 9.17) is 10.2 Å². The smallest absolute Gasteiger partial charge is 0.339 e. The first-order valence-electron chi connectivity index (χ1n) is 8.44. The Hall–Kier alpha value is -4.21. The number of aromatic hydroxyl groups is 1. The van der Waals surface area contributed by atoms with Crippen LogP contribution in [0.5, 0.6) is 5.75 Å². The predicted octanol–water partition coefficient (Wildman–Crippen LogP) is 1.54. The Morgan fingerprint density at radius 3 is 2.41 bits per heavy atom. The number of aromatic nitrogens is 3. The lowest BCUT2D eigenvalue weighted by Gasteiger charge is -2.04. The van der Waals surface area contributed by atoms with Crippen LogP contribution in [0.15, 0.2) is 48.7 Å². The van der Waals surface area contributed by atoms with Crippen molar-refractivity contribution in [3.8, 4) is 22.7 Å². The molecule has 0 spiro atoms. The van der Waals surface area contributed by atoms with Gasteiger partial charge in [0.2, 0.25) is 0 Å². The number of nitrogens with one attached hydrogen (secondary N) is 1. The molecule has 0 atom stereocenters. The Balaban J connectivity index is 1.75. The Kier molecular flexibility index (Phi) is 5.54. The average Bonchev–Trinajstić information content (AvgIpc) is 3.18. The van der Waals surface area contributed by atoms with Gasteiger partial charge in [0.05, 0.1) is 18.3 Å². The van der Waals surface area contributed by atoms with Gasteiger partial charge in [-0.15, -0.1) is 5.10 Å². The highest BCUT2D eigenvalue weighted by atomic mass is 16.4. The summed E-state index contributed by atoms with van der Waals surface area (Å²) in [7, 11) is 0. The molecule has 2 aromatic carbocycles. The van der Waals surface area contributed by atoms with Gasteiger partial charge in [-0.25, -0.2) is 9.48 Å². The van der Waals surface area contributed by atoms with Crippen LogP contribution in [0.1, 0.15) is 27.1 Å². The van der Waals surface area contributed by atoms with E-state index in [1.165, 1.54) is 22.9 Å². The van der Waals surface area contributed by atoms with Gasteiger partial charge in [0.1, 0.15) is 17.0 Å². The molecule has 0 saturated carbocycles. The molecule has 0 unspecified atom stereocenters. The molecule has 0 aliphatic heterocycles. The monoisotopic (exact) mass is 396 g/mol. The SMILES string of the molecule is O=C(O)CCNC(=O)c1ccc(-c2cn(-c3ccc(O)c(C(=O)O)c3)nn2)cc1. The van der Waals surface area contributed by atoms with Gasteiger partial charge in [-0.05, 0) is 30.3 Å². The van der Waals surface area contributed by atoms with Crippen molar-refractivity contribution in [2.24, 2.45) is 0 Å². The van der Waals surface area contributed by atoms with Crippen LogP contribution >= 0.6 is 0 Å². The summed E-state index contributed by atoms with van der Waals surface area (Å²) in [6.45, 7) is 0.0369. The van der Waals surface area contributed by atoms with Gasteiger partial charge >= 0.3 is 11.9 Å². The Morgan fingerprint density at radius 1 is 1.03 bits per heavy atom. The highest BCUT2D eigenvalue weighted by Crippen LogP contribution is 2.22. The van der Waals surface area contributed by atoms with Gasteiger partial charge in [-0.3, -0.25) is 9.59 Å². The molecule has 3 aromatic rings. The van der Waals surface area contributed by atoms with Gasteiger partial charge in [-0.2, -0.15) is 0 Å². The summed E-state index contributed by atoms with van der Waals surface area (Å²) in [4.78, 5) is 33.6. The number of amides is 1. The molecule has 1 amide bonds. The number of aliphatic carboxylic acids is 1.